The van der Waals surface area contributed by atoms with Crippen LogP contribution in [0.1, 0.15) is 55.5 Å². The first kappa shape index (κ1) is 27.7. The van der Waals surface area contributed by atoms with E-state index in [1.807, 2.05) is 19.9 Å². The maximum absolute atomic E-state index is 13.7. The molecule has 3 aliphatic rings. The molecule has 1 saturated heterocycles. The Hall–Kier alpha value is -2.86. The van der Waals surface area contributed by atoms with Crippen LogP contribution in [0.2, 0.25) is 0 Å². The van der Waals surface area contributed by atoms with Gasteiger partial charge in [0.15, 0.2) is 0 Å². The van der Waals surface area contributed by atoms with Crippen molar-refractivity contribution in [3.05, 3.63) is 41.5 Å². The Morgan fingerprint density at radius 2 is 1.85 bits per heavy atom. The molecular weight excluding hydrogens is 520 g/mol. The number of nitrogens with one attached hydrogen (secondary N) is 3. The van der Waals surface area contributed by atoms with E-state index in [2.05, 4.69) is 20.3 Å². The Balaban J connectivity index is 1.45. The van der Waals surface area contributed by atoms with Gasteiger partial charge in [-0.05, 0) is 75.3 Å². The van der Waals surface area contributed by atoms with E-state index in [9.17, 15) is 18.3 Å². The molecule has 0 atom stereocenters. The monoisotopic (exact) mass is 558 g/mol. The van der Waals surface area contributed by atoms with Gasteiger partial charge in [-0.1, -0.05) is 0 Å². The van der Waals surface area contributed by atoms with Gasteiger partial charge in [-0.15, -0.1) is 0 Å². The number of nitrogens with zero attached hydrogens (tertiary/aromatic N) is 1. The first-order valence-corrected chi connectivity index (χ1v) is 15.0. The Bertz CT molecular complexity index is 1350. The number of fused-ring (bicyclic) bond motifs is 1. The fraction of sp³-hybridized carbons (Fsp3) is 0.536. The minimum absolute atomic E-state index is 0.0570. The van der Waals surface area contributed by atoms with Crippen LogP contribution in [0.4, 0.5) is 17.1 Å². The largest absolute Gasteiger partial charge is 0.491 e. The summed E-state index contributed by atoms with van der Waals surface area (Å²) in [6, 6.07) is 8.25. The van der Waals surface area contributed by atoms with E-state index in [1.54, 1.807) is 18.2 Å². The second-order valence-corrected chi connectivity index (χ2v) is 13.3. The topological polar surface area (TPSA) is 140 Å². The second-order valence-electron chi connectivity index (χ2n) is 11.5. The summed E-state index contributed by atoms with van der Waals surface area (Å²) in [5.74, 6) is 0.387. The number of piperidine rings is 1. The fourth-order valence-corrected chi connectivity index (χ4v) is 6.41. The quantitative estimate of drug-likeness (QED) is 0.300. The normalized spacial score (nSPS) is 18.0. The average molecular weight is 559 g/mol. The van der Waals surface area contributed by atoms with Gasteiger partial charge < -0.3 is 30.5 Å². The fourth-order valence-electron chi connectivity index (χ4n) is 5.37. The van der Waals surface area contributed by atoms with Crippen LogP contribution in [0.3, 0.4) is 0 Å². The summed E-state index contributed by atoms with van der Waals surface area (Å²) in [4.78, 5) is 15.8. The molecule has 5 rings (SSSR count). The smallest absolute Gasteiger partial charge is 0.257 e. The van der Waals surface area contributed by atoms with Crippen molar-refractivity contribution in [3.63, 3.8) is 0 Å². The predicted molar refractivity (Wildman–Crippen MR) is 150 cm³/mol. The summed E-state index contributed by atoms with van der Waals surface area (Å²) < 4.78 is 33.8. The Kier molecular flexibility index (Phi) is 7.53. The van der Waals surface area contributed by atoms with Crippen molar-refractivity contribution < 1.29 is 28.2 Å². The molecule has 39 heavy (non-hydrogen) atoms. The molecule has 1 aliphatic carbocycles. The van der Waals surface area contributed by atoms with Gasteiger partial charge in [-0.3, -0.25) is 4.79 Å². The molecule has 2 fully saturated rings. The van der Waals surface area contributed by atoms with Crippen LogP contribution < -0.4 is 25.0 Å². The summed E-state index contributed by atoms with van der Waals surface area (Å²) in [7, 11) is -3.84. The van der Waals surface area contributed by atoms with Crippen molar-refractivity contribution >= 4 is 33.0 Å². The lowest BCUT2D eigenvalue weighted by Crippen LogP contribution is -2.36. The second kappa shape index (κ2) is 10.6. The van der Waals surface area contributed by atoms with Crippen LogP contribution in [-0.2, 0) is 16.4 Å². The van der Waals surface area contributed by atoms with Gasteiger partial charge in [0.05, 0.1) is 47.2 Å². The predicted octanol–water partition coefficient (Wildman–Crippen LogP) is 2.71. The van der Waals surface area contributed by atoms with Crippen molar-refractivity contribution in [1.82, 2.24) is 4.72 Å². The van der Waals surface area contributed by atoms with Crippen LogP contribution in [0.15, 0.2) is 35.2 Å². The van der Waals surface area contributed by atoms with Gasteiger partial charge in [-0.25, -0.2) is 13.1 Å². The van der Waals surface area contributed by atoms with E-state index < -0.39 is 15.6 Å². The number of benzene rings is 2. The Morgan fingerprint density at radius 1 is 1.10 bits per heavy atom. The molecule has 0 bridgehead atoms. The number of amides is 1. The van der Waals surface area contributed by atoms with Crippen molar-refractivity contribution in [2.24, 2.45) is 5.41 Å². The minimum Gasteiger partial charge on any atom is -0.491 e. The Labute approximate surface area is 229 Å². The summed E-state index contributed by atoms with van der Waals surface area (Å²) >= 11 is 0. The molecule has 1 saturated carbocycles. The number of anilines is 3. The van der Waals surface area contributed by atoms with Crippen LogP contribution in [0.25, 0.3) is 0 Å². The van der Waals surface area contributed by atoms with Gasteiger partial charge in [0, 0.05) is 37.3 Å². The summed E-state index contributed by atoms with van der Waals surface area (Å²) in [6.07, 6.45) is 5.22. The van der Waals surface area contributed by atoms with Gasteiger partial charge in [0.2, 0.25) is 10.0 Å². The maximum atomic E-state index is 13.7. The minimum atomic E-state index is -3.84. The highest BCUT2D eigenvalue weighted by Crippen LogP contribution is 2.54. The molecule has 2 aromatic carbocycles. The highest BCUT2D eigenvalue weighted by Gasteiger charge is 2.44. The number of ether oxygens (including phenoxy) is 1. The van der Waals surface area contributed by atoms with Crippen molar-refractivity contribution in [1.29, 1.82) is 0 Å². The third-order valence-electron chi connectivity index (χ3n) is 7.96. The number of carbonyl (C=O) groups excluding carboxylic acids is 1. The lowest BCUT2D eigenvalue weighted by molar-refractivity contribution is 0.102. The number of rotatable bonds is 10. The number of sulfonamides is 1. The van der Waals surface area contributed by atoms with Gasteiger partial charge in [0.25, 0.3) is 5.91 Å². The molecule has 2 aromatic rings. The molecule has 1 spiro atoms. The molecule has 10 nitrogen and oxygen atoms in total. The van der Waals surface area contributed by atoms with E-state index in [0.29, 0.717) is 41.1 Å². The van der Waals surface area contributed by atoms with Crippen molar-refractivity contribution in [2.75, 3.05) is 55.0 Å². The number of carbonyl (C=O) groups is 1. The molecule has 2 heterocycles. The van der Waals surface area contributed by atoms with Gasteiger partial charge in [-0.2, -0.15) is 0 Å². The van der Waals surface area contributed by atoms with Crippen molar-refractivity contribution in [3.8, 4) is 5.75 Å². The SMILES string of the molecule is CC(C)(CO)Nc1cc(NC(=O)c2ccc(S(=O)(=O)NCCO)cc2N2CCC3(CC2)CC3)cc2c1OCC2. The molecule has 1 amide bonds. The lowest BCUT2D eigenvalue weighted by Gasteiger charge is -2.35. The van der Waals surface area contributed by atoms with Gasteiger partial charge >= 0.3 is 0 Å². The summed E-state index contributed by atoms with van der Waals surface area (Å²) in [5.41, 5.74) is 3.05. The summed E-state index contributed by atoms with van der Waals surface area (Å²) in [6.45, 7) is 5.34. The zero-order valence-electron chi connectivity index (χ0n) is 22.5. The molecule has 2 aliphatic heterocycles. The molecule has 0 aromatic heterocycles. The summed E-state index contributed by atoms with van der Waals surface area (Å²) in [5, 5.41) is 25.2. The highest BCUT2D eigenvalue weighted by atomic mass is 32.2. The highest BCUT2D eigenvalue weighted by molar-refractivity contribution is 7.89. The number of hydrogen-bond acceptors (Lipinski definition) is 8. The van der Waals surface area contributed by atoms with E-state index in [0.717, 1.165) is 37.2 Å². The third-order valence-corrected chi connectivity index (χ3v) is 9.42. The molecular formula is C28H38N4O6S. The molecule has 212 valence electrons. The molecule has 0 unspecified atom stereocenters. The van der Waals surface area contributed by atoms with Crippen LogP contribution >= 0.6 is 0 Å². The van der Waals surface area contributed by atoms with Crippen LogP contribution in [0, 0.1) is 5.41 Å². The van der Waals surface area contributed by atoms with Gasteiger partial charge in [0.1, 0.15) is 5.75 Å². The van der Waals surface area contributed by atoms with Crippen LogP contribution in [-0.4, -0.2) is 69.5 Å². The number of aliphatic hydroxyl groups excluding tert-OH is 2. The first-order chi connectivity index (χ1) is 18.5. The average Bonchev–Trinajstić information content (AvgIpc) is 3.48. The third kappa shape index (κ3) is 6.01. The molecule has 11 heteroatoms. The Morgan fingerprint density at radius 3 is 2.51 bits per heavy atom. The zero-order valence-corrected chi connectivity index (χ0v) is 23.4. The standard InChI is InChI=1S/C28H38N4O6S/c1-27(2,18-34)31-23-16-20(15-19-5-14-38-25(19)23)30-26(35)22-4-3-21(39(36,37)29-10-13-33)17-24(22)32-11-8-28(6-7-28)9-12-32/h3-4,15-17,29,31,33-34H,5-14,18H2,1-2H3,(H,30,35). The van der Waals surface area contributed by atoms with E-state index >= 15 is 0 Å². The zero-order chi connectivity index (χ0) is 27.8. The molecule has 0 radical (unpaired) electrons. The number of hydrogen-bond donors (Lipinski definition) is 5. The van der Waals surface area contributed by atoms with E-state index in [-0.39, 0.29) is 30.6 Å². The first-order valence-electron chi connectivity index (χ1n) is 13.5. The maximum Gasteiger partial charge on any atom is 0.257 e. The van der Waals surface area contributed by atoms with Crippen molar-refractivity contribution in [2.45, 2.75) is 56.4 Å². The lowest BCUT2D eigenvalue weighted by atomic mass is 9.93. The molecule has 5 N–H and O–H groups in total. The van der Waals surface area contributed by atoms with E-state index in [4.69, 9.17) is 9.84 Å². The van der Waals surface area contributed by atoms with E-state index in [1.165, 1.54) is 18.9 Å². The van der Waals surface area contributed by atoms with Crippen LogP contribution in [0.5, 0.6) is 5.75 Å². The number of aliphatic hydroxyl groups is 2.